The first-order valence-electron chi connectivity index (χ1n) is 6.32. The minimum atomic E-state index is 0.0893. The number of pyridine rings is 1. The molecule has 1 aromatic rings. The molecule has 0 saturated carbocycles. The Morgan fingerprint density at radius 3 is 2.56 bits per heavy atom. The van der Waals surface area contributed by atoms with Crippen molar-refractivity contribution in [3.63, 3.8) is 0 Å². The molecule has 0 aromatic carbocycles. The predicted molar refractivity (Wildman–Crippen MR) is 68.9 cm³/mol. The van der Waals surface area contributed by atoms with Crippen LogP contribution in [0.5, 0.6) is 0 Å². The van der Waals surface area contributed by atoms with Crippen LogP contribution in [0, 0.1) is 0 Å². The van der Waals surface area contributed by atoms with Gasteiger partial charge in [-0.25, -0.2) is 4.98 Å². The lowest BCUT2D eigenvalue weighted by Crippen LogP contribution is -2.26. The van der Waals surface area contributed by atoms with E-state index in [1.165, 1.54) is 36.9 Å². The van der Waals surface area contributed by atoms with Gasteiger partial charge in [-0.2, -0.15) is 0 Å². The van der Waals surface area contributed by atoms with Crippen LogP contribution < -0.4 is 5.32 Å². The molecule has 0 unspecified atom stereocenters. The van der Waals surface area contributed by atoms with Gasteiger partial charge in [0, 0.05) is 11.2 Å². The molecule has 0 radical (unpaired) electrons. The zero-order valence-corrected chi connectivity index (χ0v) is 10.6. The molecule has 1 aromatic heterocycles. The van der Waals surface area contributed by atoms with Crippen molar-refractivity contribution >= 4 is 5.82 Å². The lowest BCUT2D eigenvalue weighted by molar-refractivity contribution is 0.629. The Hall–Kier alpha value is -1.05. The zero-order valence-electron chi connectivity index (χ0n) is 10.6. The van der Waals surface area contributed by atoms with Gasteiger partial charge in [0.05, 0.1) is 0 Å². The Labute approximate surface area is 98.5 Å². The first-order chi connectivity index (χ1) is 7.54. The van der Waals surface area contributed by atoms with Crippen LogP contribution in [0.25, 0.3) is 0 Å². The molecule has 0 fully saturated rings. The Balaban J connectivity index is 2.21. The van der Waals surface area contributed by atoms with Crippen LogP contribution in [0.4, 0.5) is 5.82 Å². The first-order valence-corrected chi connectivity index (χ1v) is 6.32. The smallest absolute Gasteiger partial charge is 0.126 e. The summed E-state index contributed by atoms with van der Waals surface area (Å²) in [5.74, 6) is 1.02. The van der Waals surface area contributed by atoms with Gasteiger partial charge in [-0.1, -0.05) is 12.5 Å². The highest BCUT2D eigenvalue weighted by Gasteiger charge is 2.13. The number of aryl methyl sites for hydroxylation is 2. The maximum Gasteiger partial charge on any atom is 0.126 e. The molecule has 88 valence electrons. The molecule has 1 aliphatic rings. The van der Waals surface area contributed by atoms with Crippen LogP contribution in [0.15, 0.2) is 12.1 Å². The highest BCUT2D eigenvalue weighted by molar-refractivity contribution is 5.41. The third-order valence-corrected chi connectivity index (χ3v) is 2.93. The van der Waals surface area contributed by atoms with E-state index < -0.39 is 0 Å². The van der Waals surface area contributed by atoms with Crippen molar-refractivity contribution in [2.45, 2.75) is 58.4 Å². The maximum absolute atomic E-state index is 4.75. The van der Waals surface area contributed by atoms with Crippen molar-refractivity contribution in [1.82, 2.24) is 4.98 Å². The average Bonchev–Trinajstić information content (AvgIpc) is 2.39. The molecule has 1 N–H and O–H groups in total. The summed E-state index contributed by atoms with van der Waals surface area (Å²) in [7, 11) is 0. The fraction of sp³-hybridized carbons (Fsp3) is 0.643. The molecule has 2 heteroatoms. The van der Waals surface area contributed by atoms with Gasteiger partial charge in [-0.3, -0.25) is 0 Å². The average molecular weight is 218 g/mol. The third-order valence-electron chi connectivity index (χ3n) is 2.93. The summed E-state index contributed by atoms with van der Waals surface area (Å²) in [4.78, 5) is 4.75. The van der Waals surface area contributed by atoms with Crippen LogP contribution in [-0.4, -0.2) is 10.5 Å². The summed E-state index contributed by atoms with van der Waals surface area (Å²) in [6, 6.07) is 4.37. The summed E-state index contributed by atoms with van der Waals surface area (Å²) in [6.07, 6.45) is 6.31. The minimum Gasteiger partial charge on any atom is -0.365 e. The standard InChI is InChI=1S/C14H22N2/c1-14(2,3)16-13-10-9-11-7-5-4-6-8-12(11)15-13/h9-10H,4-8H2,1-3H3,(H,15,16). The molecule has 2 nitrogen and oxygen atoms in total. The Kier molecular flexibility index (Phi) is 3.17. The Morgan fingerprint density at radius 2 is 1.81 bits per heavy atom. The van der Waals surface area contributed by atoms with Crippen molar-refractivity contribution in [2.24, 2.45) is 0 Å². The van der Waals surface area contributed by atoms with E-state index in [-0.39, 0.29) is 5.54 Å². The monoisotopic (exact) mass is 218 g/mol. The van der Waals surface area contributed by atoms with E-state index in [2.05, 4.69) is 38.2 Å². The van der Waals surface area contributed by atoms with E-state index in [9.17, 15) is 0 Å². The Bertz CT molecular complexity index is 363. The number of hydrogen-bond acceptors (Lipinski definition) is 2. The van der Waals surface area contributed by atoms with Crippen LogP contribution in [0.2, 0.25) is 0 Å². The number of rotatable bonds is 1. The second-order valence-electron chi connectivity index (χ2n) is 5.74. The van der Waals surface area contributed by atoms with Crippen LogP contribution in [0.3, 0.4) is 0 Å². The van der Waals surface area contributed by atoms with E-state index >= 15 is 0 Å². The summed E-state index contributed by atoms with van der Waals surface area (Å²) < 4.78 is 0. The zero-order chi connectivity index (χ0) is 11.6. The first kappa shape index (κ1) is 11.4. The van der Waals surface area contributed by atoms with Crippen LogP contribution in [0.1, 0.15) is 51.3 Å². The largest absolute Gasteiger partial charge is 0.365 e. The summed E-state index contributed by atoms with van der Waals surface area (Å²) in [6.45, 7) is 6.50. The van der Waals surface area contributed by atoms with Crippen molar-refractivity contribution < 1.29 is 0 Å². The number of fused-ring (bicyclic) bond motifs is 1. The molecule has 2 rings (SSSR count). The van der Waals surface area contributed by atoms with E-state index in [1.54, 1.807) is 0 Å². The molecule has 1 heterocycles. The highest BCUT2D eigenvalue weighted by atomic mass is 15.0. The van der Waals surface area contributed by atoms with E-state index in [0.717, 1.165) is 12.2 Å². The van der Waals surface area contributed by atoms with Gasteiger partial charge in [0.25, 0.3) is 0 Å². The number of aromatic nitrogens is 1. The fourth-order valence-corrected chi connectivity index (χ4v) is 2.21. The quantitative estimate of drug-likeness (QED) is 0.729. The number of anilines is 1. The van der Waals surface area contributed by atoms with Gasteiger partial charge in [0.2, 0.25) is 0 Å². The van der Waals surface area contributed by atoms with Crippen molar-refractivity contribution in [3.05, 3.63) is 23.4 Å². The molecule has 0 spiro atoms. The molecular formula is C14H22N2. The topological polar surface area (TPSA) is 24.9 Å². The number of hydrogen-bond donors (Lipinski definition) is 1. The van der Waals surface area contributed by atoms with Crippen molar-refractivity contribution in [3.8, 4) is 0 Å². The van der Waals surface area contributed by atoms with E-state index in [1.807, 2.05) is 0 Å². The lowest BCUT2D eigenvalue weighted by Gasteiger charge is -2.22. The van der Waals surface area contributed by atoms with Gasteiger partial charge in [-0.05, 0) is 58.1 Å². The van der Waals surface area contributed by atoms with Gasteiger partial charge in [0.15, 0.2) is 0 Å². The molecule has 0 amide bonds. The van der Waals surface area contributed by atoms with Gasteiger partial charge in [0.1, 0.15) is 5.82 Å². The minimum absolute atomic E-state index is 0.0893. The maximum atomic E-state index is 4.75. The van der Waals surface area contributed by atoms with E-state index in [4.69, 9.17) is 4.98 Å². The molecule has 0 aliphatic heterocycles. The van der Waals surface area contributed by atoms with Gasteiger partial charge >= 0.3 is 0 Å². The second-order valence-corrected chi connectivity index (χ2v) is 5.74. The van der Waals surface area contributed by atoms with Crippen LogP contribution >= 0.6 is 0 Å². The number of nitrogens with zero attached hydrogens (tertiary/aromatic N) is 1. The lowest BCUT2D eigenvalue weighted by atomic mass is 10.1. The van der Waals surface area contributed by atoms with Gasteiger partial charge in [-0.15, -0.1) is 0 Å². The van der Waals surface area contributed by atoms with Crippen LogP contribution in [-0.2, 0) is 12.8 Å². The normalized spacial score (nSPS) is 16.4. The molecule has 1 aliphatic carbocycles. The Morgan fingerprint density at radius 1 is 1.06 bits per heavy atom. The highest BCUT2D eigenvalue weighted by Crippen LogP contribution is 2.21. The van der Waals surface area contributed by atoms with Gasteiger partial charge < -0.3 is 5.32 Å². The molecule has 0 atom stereocenters. The SMILES string of the molecule is CC(C)(C)Nc1ccc2c(n1)CCCCC2. The second kappa shape index (κ2) is 4.44. The summed E-state index contributed by atoms with van der Waals surface area (Å²) in [5, 5.41) is 3.44. The predicted octanol–water partition coefficient (Wildman–Crippen LogP) is 3.56. The third kappa shape index (κ3) is 2.97. The summed E-state index contributed by atoms with van der Waals surface area (Å²) in [5.41, 5.74) is 2.86. The number of nitrogens with one attached hydrogen (secondary N) is 1. The fourth-order valence-electron chi connectivity index (χ4n) is 2.21. The van der Waals surface area contributed by atoms with Crippen molar-refractivity contribution in [1.29, 1.82) is 0 Å². The molecule has 0 bridgehead atoms. The van der Waals surface area contributed by atoms with Crippen molar-refractivity contribution in [2.75, 3.05) is 5.32 Å². The molecule has 0 saturated heterocycles. The molecule has 16 heavy (non-hydrogen) atoms. The molecular weight excluding hydrogens is 196 g/mol. The van der Waals surface area contributed by atoms with E-state index in [0.29, 0.717) is 0 Å². The summed E-state index contributed by atoms with van der Waals surface area (Å²) >= 11 is 0.